The molecule has 2 rings (SSSR count). The van der Waals surface area contributed by atoms with Crippen LogP contribution in [0.2, 0.25) is 0 Å². The number of nitrogens with one attached hydrogen (secondary N) is 3. The standard InChI is InChI=1S/C19H28N4O3S2.HI/c1-4-21-18(23-14-19(2,24)17-6-5-11-27-17)22-12-15-7-9-16(10-8-15)13-28(25,26)20-3;/h5-11,20,24H,4,12-14H2,1-3H3,(H2,21,22,23);1H. The van der Waals surface area contributed by atoms with E-state index in [4.69, 9.17) is 0 Å². The first-order chi connectivity index (χ1) is 13.3. The van der Waals surface area contributed by atoms with Crippen molar-refractivity contribution in [3.8, 4) is 0 Å². The predicted molar refractivity (Wildman–Crippen MR) is 130 cm³/mol. The highest BCUT2D eigenvalue weighted by Crippen LogP contribution is 2.24. The third-order valence-corrected chi connectivity index (χ3v) is 6.57. The zero-order chi connectivity index (χ0) is 20.6. The summed E-state index contributed by atoms with van der Waals surface area (Å²) in [4.78, 5) is 5.44. The first-order valence-electron chi connectivity index (χ1n) is 9.03. The average molecular weight is 553 g/mol. The summed E-state index contributed by atoms with van der Waals surface area (Å²) in [6, 6.07) is 11.2. The van der Waals surface area contributed by atoms with Crippen LogP contribution in [-0.4, -0.2) is 39.6 Å². The zero-order valence-electron chi connectivity index (χ0n) is 16.8. The summed E-state index contributed by atoms with van der Waals surface area (Å²) in [6.45, 7) is 5.22. The molecule has 1 heterocycles. The number of aliphatic hydroxyl groups is 1. The molecule has 1 atom stereocenters. The van der Waals surface area contributed by atoms with E-state index in [9.17, 15) is 13.5 Å². The summed E-state index contributed by atoms with van der Waals surface area (Å²) in [5.41, 5.74) is 0.706. The SMILES string of the molecule is CCNC(=NCc1ccc(CS(=O)(=O)NC)cc1)NCC(C)(O)c1cccs1.I. The minimum absolute atomic E-state index is 0. The summed E-state index contributed by atoms with van der Waals surface area (Å²) in [6.07, 6.45) is 0. The normalized spacial score (nSPS) is 14.0. The van der Waals surface area contributed by atoms with Crippen LogP contribution in [0.4, 0.5) is 0 Å². The lowest BCUT2D eigenvalue weighted by atomic mass is 10.1. The number of hydrogen-bond acceptors (Lipinski definition) is 5. The molecular formula is C19H29IN4O3S2. The zero-order valence-corrected chi connectivity index (χ0v) is 20.8. The minimum atomic E-state index is -3.28. The van der Waals surface area contributed by atoms with Crippen LogP contribution in [0.15, 0.2) is 46.8 Å². The van der Waals surface area contributed by atoms with E-state index in [-0.39, 0.29) is 29.7 Å². The number of sulfonamides is 1. The Bertz CT molecular complexity index is 867. The molecule has 10 heteroatoms. The monoisotopic (exact) mass is 552 g/mol. The Hall–Kier alpha value is -1.21. The number of guanidine groups is 1. The number of thiophene rings is 1. The summed E-state index contributed by atoms with van der Waals surface area (Å²) in [7, 11) is -1.87. The molecule has 2 aromatic rings. The van der Waals surface area contributed by atoms with E-state index in [2.05, 4.69) is 20.3 Å². The maximum atomic E-state index is 11.6. The molecule has 162 valence electrons. The van der Waals surface area contributed by atoms with Gasteiger partial charge in [-0.1, -0.05) is 30.3 Å². The van der Waals surface area contributed by atoms with Gasteiger partial charge in [-0.05, 0) is 43.5 Å². The first-order valence-corrected chi connectivity index (χ1v) is 11.6. The Balaban J connectivity index is 0.00000420. The highest BCUT2D eigenvalue weighted by atomic mass is 127. The second kappa shape index (κ2) is 11.8. The van der Waals surface area contributed by atoms with E-state index < -0.39 is 15.6 Å². The van der Waals surface area contributed by atoms with Gasteiger partial charge in [0.15, 0.2) is 5.96 Å². The van der Waals surface area contributed by atoms with Crippen LogP contribution in [0.5, 0.6) is 0 Å². The fourth-order valence-corrected chi connectivity index (χ4v) is 4.04. The fourth-order valence-electron chi connectivity index (χ4n) is 2.47. The van der Waals surface area contributed by atoms with Gasteiger partial charge in [0.25, 0.3) is 0 Å². The lowest BCUT2D eigenvalue weighted by Gasteiger charge is -2.23. The number of benzene rings is 1. The molecule has 0 bridgehead atoms. The maximum absolute atomic E-state index is 11.6. The molecule has 0 aliphatic rings. The molecule has 7 nitrogen and oxygen atoms in total. The van der Waals surface area contributed by atoms with Crippen LogP contribution in [0.3, 0.4) is 0 Å². The molecule has 0 radical (unpaired) electrons. The van der Waals surface area contributed by atoms with Crippen molar-refractivity contribution in [3.05, 3.63) is 57.8 Å². The van der Waals surface area contributed by atoms with Crippen LogP contribution in [-0.2, 0) is 27.9 Å². The highest BCUT2D eigenvalue weighted by Gasteiger charge is 2.24. The number of hydrogen-bond donors (Lipinski definition) is 4. The predicted octanol–water partition coefficient (Wildman–Crippen LogP) is 2.38. The molecule has 29 heavy (non-hydrogen) atoms. The topological polar surface area (TPSA) is 103 Å². The number of rotatable bonds is 9. The van der Waals surface area contributed by atoms with Gasteiger partial charge in [-0.2, -0.15) is 0 Å². The second-order valence-electron chi connectivity index (χ2n) is 6.58. The van der Waals surface area contributed by atoms with Gasteiger partial charge in [0.05, 0.1) is 18.8 Å². The Morgan fingerprint density at radius 2 is 1.83 bits per heavy atom. The molecule has 1 aromatic heterocycles. The smallest absolute Gasteiger partial charge is 0.215 e. The van der Waals surface area contributed by atoms with Gasteiger partial charge in [0.2, 0.25) is 10.0 Å². The Morgan fingerprint density at radius 3 is 2.38 bits per heavy atom. The molecule has 0 saturated carbocycles. The van der Waals surface area contributed by atoms with Crippen molar-refractivity contribution in [1.82, 2.24) is 15.4 Å². The van der Waals surface area contributed by atoms with Crippen molar-refractivity contribution >= 4 is 51.3 Å². The summed E-state index contributed by atoms with van der Waals surface area (Å²) < 4.78 is 25.5. The van der Waals surface area contributed by atoms with Gasteiger partial charge in [-0.3, -0.25) is 0 Å². The number of nitrogens with zero attached hydrogens (tertiary/aromatic N) is 1. The average Bonchev–Trinajstić information content (AvgIpc) is 3.21. The third-order valence-electron chi connectivity index (χ3n) is 4.11. The molecule has 0 spiro atoms. The lowest BCUT2D eigenvalue weighted by Crippen LogP contribution is -2.44. The quantitative estimate of drug-likeness (QED) is 0.218. The van der Waals surface area contributed by atoms with Crippen molar-refractivity contribution in [2.75, 3.05) is 20.1 Å². The van der Waals surface area contributed by atoms with Crippen LogP contribution in [0, 0.1) is 0 Å². The van der Waals surface area contributed by atoms with E-state index >= 15 is 0 Å². The molecule has 0 amide bonds. The van der Waals surface area contributed by atoms with Gasteiger partial charge < -0.3 is 15.7 Å². The molecular weight excluding hydrogens is 523 g/mol. The molecule has 4 N–H and O–H groups in total. The second-order valence-corrected chi connectivity index (χ2v) is 9.45. The summed E-state index contributed by atoms with van der Waals surface area (Å²) in [5, 5.41) is 18.9. The van der Waals surface area contributed by atoms with Crippen molar-refractivity contribution in [2.45, 2.75) is 31.7 Å². The minimum Gasteiger partial charge on any atom is -0.383 e. The van der Waals surface area contributed by atoms with Crippen molar-refractivity contribution in [1.29, 1.82) is 0 Å². The van der Waals surface area contributed by atoms with Crippen LogP contribution < -0.4 is 15.4 Å². The first kappa shape index (κ1) is 25.8. The van der Waals surface area contributed by atoms with Crippen molar-refractivity contribution in [3.63, 3.8) is 0 Å². The Kier molecular flexibility index (Phi) is 10.5. The molecule has 0 saturated heterocycles. The highest BCUT2D eigenvalue weighted by molar-refractivity contribution is 14.0. The Labute approximate surface area is 194 Å². The van der Waals surface area contributed by atoms with E-state index in [1.165, 1.54) is 18.4 Å². The molecule has 0 aliphatic carbocycles. The maximum Gasteiger partial charge on any atom is 0.215 e. The van der Waals surface area contributed by atoms with Crippen molar-refractivity contribution < 1.29 is 13.5 Å². The molecule has 0 aliphatic heterocycles. The van der Waals surface area contributed by atoms with Gasteiger partial charge in [0, 0.05) is 11.4 Å². The van der Waals surface area contributed by atoms with E-state index in [0.29, 0.717) is 25.6 Å². The Morgan fingerprint density at radius 1 is 1.17 bits per heavy atom. The third kappa shape index (κ3) is 8.59. The van der Waals surface area contributed by atoms with E-state index in [1.54, 1.807) is 19.1 Å². The summed E-state index contributed by atoms with van der Waals surface area (Å²) in [5.74, 6) is 0.566. The van der Waals surface area contributed by atoms with Gasteiger partial charge >= 0.3 is 0 Å². The lowest BCUT2D eigenvalue weighted by molar-refractivity contribution is 0.0655. The van der Waals surface area contributed by atoms with E-state index in [0.717, 1.165) is 16.0 Å². The van der Waals surface area contributed by atoms with Crippen LogP contribution in [0.1, 0.15) is 29.9 Å². The summed E-state index contributed by atoms with van der Waals surface area (Å²) >= 11 is 1.51. The molecule has 1 unspecified atom stereocenters. The molecule has 0 fully saturated rings. The van der Waals surface area contributed by atoms with Gasteiger partial charge in [0.1, 0.15) is 5.60 Å². The van der Waals surface area contributed by atoms with Crippen molar-refractivity contribution in [2.24, 2.45) is 4.99 Å². The van der Waals surface area contributed by atoms with E-state index in [1.807, 2.05) is 36.6 Å². The molecule has 1 aromatic carbocycles. The van der Waals surface area contributed by atoms with Crippen LogP contribution >= 0.6 is 35.3 Å². The van der Waals surface area contributed by atoms with Gasteiger partial charge in [-0.15, -0.1) is 35.3 Å². The number of halogens is 1. The van der Waals surface area contributed by atoms with Crippen LogP contribution in [0.25, 0.3) is 0 Å². The largest absolute Gasteiger partial charge is 0.383 e. The fraction of sp³-hybridized carbons (Fsp3) is 0.421. The van der Waals surface area contributed by atoms with Gasteiger partial charge in [-0.25, -0.2) is 18.1 Å². The number of aliphatic imine (C=N–C) groups is 1.